The third-order valence-corrected chi connectivity index (χ3v) is 5.42. The summed E-state index contributed by atoms with van der Waals surface area (Å²) in [5.74, 6) is 1.35. The summed E-state index contributed by atoms with van der Waals surface area (Å²) in [5, 5.41) is 14.6. The number of hydrogen-bond donors (Lipinski definition) is 1. The second kappa shape index (κ2) is 14.1. The van der Waals surface area contributed by atoms with E-state index >= 15 is 0 Å². The molecule has 2 aromatic rings. The summed E-state index contributed by atoms with van der Waals surface area (Å²) >= 11 is 2.97. The average molecular weight is 478 g/mol. The van der Waals surface area contributed by atoms with E-state index in [1.54, 1.807) is 48.2 Å². The summed E-state index contributed by atoms with van der Waals surface area (Å²) in [6.07, 6.45) is 3.43. The number of hydrazone groups is 1. The molecule has 32 heavy (non-hydrogen) atoms. The molecule has 0 aromatic heterocycles. The molecule has 0 saturated heterocycles. The third-order valence-electron chi connectivity index (χ3n) is 3.84. The number of esters is 1. The molecule has 0 fully saturated rings. The van der Waals surface area contributed by atoms with E-state index < -0.39 is 10.9 Å². The Kier molecular flexibility index (Phi) is 11.1. The SMILES string of the molecule is CSCCOC(=O)COc1ccc(/C=N/NC(=O)CSCc2ccc([N+](=O)[O-])cc2)cc1. The summed E-state index contributed by atoms with van der Waals surface area (Å²) in [6, 6.07) is 13.1. The lowest BCUT2D eigenvalue weighted by Crippen LogP contribution is -2.19. The Labute approximate surface area is 194 Å². The van der Waals surface area contributed by atoms with E-state index in [4.69, 9.17) is 9.47 Å². The number of rotatable bonds is 13. The maximum atomic E-state index is 11.9. The van der Waals surface area contributed by atoms with Crippen molar-refractivity contribution in [3.8, 4) is 5.75 Å². The number of nitrogens with zero attached hydrogens (tertiary/aromatic N) is 2. The number of carbonyl (C=O) groups excluding carboxylic acids is 2. The maximum Gasteiger partial charge on any atom is 0.344 e. The van der Waals surface area contributed by atoms with Gasteiger partial charge in [-0.25, -0.2) is 10.2 Å². The zero-order valence-corrected chi connectivity index (χ0v) is 19.0. The molecule has 0 aliphatic carbocycles. The lowest BCUT2D eigenvalue weighted by Gasteiger charge is -2.06. The number of nitro benzene ring substituents is 1. The Hall–Kier alpha value is -3.05. The Morgan fingerprint density at radius 1 is 1.16 bits per heavy atom. The van der Waals surface area contributed by atoms with Crippen molar-refractivity contribution in [3.05, 3.63) is 69.8 Å². The van der Waals surface area contributed by atoms with Crippen molar-refractivity contribution in [1.29, 1.82) is 0 Å². The van der Waals surface area contributed by atoms with Crippen LogP contribution in [-0.4, -0.2) is 54.0 Å². The van der Waals surface area contributed by atoms with Gasteiger partial charge in [-0.15, -0.1) is 11.8 Å². The molecule has 0 aliphatic heterocycles. The highest BCUT2D eigenvalue weighted by atomic mass is 32.2. The van der Waals surface area contributed by atoms with Gasteiger partial charge in [-0.2, -0.15) is 16.9 Å². The minimum absolute atomic E-state index is 0.0367. The fourth-order valence-corrected chi connectivity index (χ4v) is 3.29. The monoisotopic (exact) mass is 477 g/mol. The van der Waals surface area contributed by atoms with E-state index in [9.17, 15) is 19.7 Å². The highest BCUT2D eigenvalue weighted by Crippen LogP contribution is 2.16. The van der Waals surface area contributed by atoms with Gasteiger partial charge in [0.2, 0.25) is 5.91 Å². The van der Waals surface area contributed by atoms with Crippen LogP contribution in [0.4, 0.5) is 5.69 Å². The molecule has 0 radical (unpaired) electrons. The molecule has 11 heteroatoms. The molecular weight excluding hydrogens is 454 g/mol. The summed E-state index contributed by atoms with van der Waals surface area (Å²) in [5.41, 5.74) is 4.13. The number of benzene rings is 2. The van der Waals surface area contributed by atoms with Crippen molar-refractivity contribution < 1.29 is 24.0 Å². The van der Waals surface area contributed by atoms with Gasteiger partial charge in [0.15, 0.2) is 6.61 Å². The van der Waals surface area contributed by atoms with Crippen molar-refractivity contribution >= 4 is 47.3 Å². The Balaban J connectivity index is 1.65. The van der Waals surface area contributed by atoms with Gasteiger partial charge < -0.3 is 9.47 Å². The number of nitrogens with one attached hydrogen (secondary N) is 1. The maximum absolute atomic E-state index is 11.9. The molecule has 1 N–H and O–H groups in total. The van der Waals surface area contributed by atoms with Gasteiger partial charge in [0.1, 0.15) is 12.4 Å². The largest absolute Gasteiger partial charge is 0.482 e. The topological polar surface area (TPSA) is 120 Å². The van der Waals surface area contributed by atoms with Crippen LogP contribution in [0.3, 0.4) is 0 Å². The van der Waals surface area contributed by atoms with Gasteiger partial charge in [0, 0.05) is 23.6 Å². The predicted molar refractivity (Wildman–Crippen MR) is 126 cm³/mol. The fraction of sp³-hybridized carbons (Fsp3) is 0.286. The van der Waals surface area contributed by atoms with E-state index in [1.807, 2.05) is 6.26 Å². The van der Waals surface area contributed by atoms with E-state index in [0.29, 0.717) is 18.1 Å². The van der Waals surface area contributed by atoms with Gasteiger partial charge >= 0.3 is 5.97 Å². The number of hydrogen-bond acceptors (Lipinski definition) is 9. The van der Waals surface area contributed by atoms with Gasteiger partial charge in [-0.3, -0.25) is 14.9 Å². The zero-order valence-electron chi connectivity index (χ0n) is 17.4. The highest BCUT2D eigenvalue weighted by Gasteiger charge is 2.06. The highest BCUT2D eigenvalue weighted by molar-refractivity contribution is 7.99. The first-order valence-corrected chi connectivity index (χ1v) is 12.0. The predicted octanol–water partition coefficient (Wildman–Crippen LogP) is 3.26. The first-order valence-electron chi connectivity index (χ1n) is 9.48. The molecule has 0 heterocycles. The van der Waals surface area contributed by atoms with E-state index in [-0.39, 0.29) is 24.0 Å². The molecule has 170 valence electrons. The fourth-order valence-electron chi connectivity index (χ4n) is 2.26. The second-order valence-electron chi connectivity index (χ2n) is 6.28. The van der Waals surface area contributed by atoms with Crippen molar-refractivity contribution in [2.75, 3.05) is 31.0 Å². The molecule has 0 saturated carbocycles. The van der Waals surface area contributed by atoms with Crippen LogP contribution in [0.25, 0.3) is 0 Å². The molecule has 0 bridgehead atoms. The molecule has 0 atom stereocenters. The van der Waals surface area contributed by atoms with E-state index in [1.165, 1.54) is 30.1 Å². The molecule has 0 aliphatic rings. The van der Waals surface area contributed by atoms with Crippen LogP contribution >= 0.6 is 23.5 Å². The van der Waals surface area contributed by atoms with Crippen LogP contribution in [0.15, 0.2) is 53.6 Å². The third kappa shape index (κ3) is 9.84. The number of nitro groups is 1. The lowest BCUT2D eigenvalue weighted by atomic mass is 10.2. The summed E-state index contributed by atoms with van der Waals surface area (Å²) in [4.78, 5) is 33.6. The van der Waals surface area contributed by atoms with Crippen LogP contribution in [0, 0.1) is 10.1 Å². The van der Waals surface area contributed by atoms with Crippen LogP contribution in [-0.2, 0) is 20.1 Å². The smallest absolute Gasteiger partial charge is 0.344 e. The van der Waals surface area contributed by atoms with Crippen LogP contribution < -0.4 is 10.2 Å². The van der Waals surface area contributed by atoms with Crippen molar-refractivity contribution in [2.24, 2.45) is 5.10 Å². The minimum Gasteiger partial charge on any atom is -0.482 e. The molecule has 0 spiro atoms. The number of ether oxygens (including phenoxy) is 2. The summed E-state index contributed by atoms with van der Waals surface area (Å²) in [7, 11) is 0. The standard InChI is InChI=1S/C21H23N3O6S2/c1-31-11-10-29-21(26)13-30-19-8-4-16(5-9-19)12-22-23-20(25)15-32-14-17-2-6-18(7-3-17)24(27)28/h2-9,12H,10-11,13-15H2,1H3,(H,23,25)/b22-12+. The van der Waals surface area contributed by atoms with Crippen molar-refractivity contribution in [2.45, 2.75) is 5.75 Å². The van der Waals surface area contributed by atoms with Crippen LogP contribution in [0.5, 0.6) is 5.75 Å². The van der Waals surface area contributed by atoms with Crippen molar-refractivity contribution in [1.82, 2.24) is 5.43 Å². The van der Waals surface area contributed by atoms with Gasteiger partial charge in [-0.1, -0.05) is 12.1 Å². The van der Waals surface area contributed by atoms with Gasteiger partial charge in [0.25, 0.3) is 5.69 Å². The number of carbonyl (C=O) groups is 2. The normalized spacial score (nSPS) is 10.7. The van der Waals surface area contributed by atoms with Gasteiger partial charge in [0.05, 0.1) is 16.9 Å². The number of thioether (sulfide) groups is 2. The molecule has 0 unspecified atom stereocenters. The summed E-state index contributed by atoms with van der Waals surface area (Å²) < 4.78 is 10.4. The number of amides is 1. The first kappa shape index (κ1) is 25.2. The number of non-ortho nitro benzene ring substituents is 1. The Bertz CT molecular complexity index is 920. The summed E-state index contributed by atoms with van der Waals surface area (Å²) in [6.45, 7) is 0.204. The zero-order chi connectivity index (χ0) is 23.2. The quantitative estimate of drug-likeness (QED) is 0.153. The first-order chi connectivity index (χ1) is 15.5. The van der Waals surface area contributed by atoms with Crippen LogP contribution in [0.2, 0.25) is 0 Å². The average Bonchev–Trinajstić information content (AvgIpc) is 2.79. The molecule has 2 rings (SSSR count). The lowest BCUT2D eigenvalue weighted by molar-refractivity contribution is -0.384. The van der Waals surface area contributed by atoms with Gasteiger partial charge in [-0.05, 0) is 41.6 Å². The van der Waals surface area contributed by atoms with Crippen molar-refractivity contribution in [3.63, 3.8) is 0 Å². The second-order valence-corrected chi connectivity index (χ2v) is 8.25. The molecule has 2 aromatic carbocycles. The Morgan fingerprint density at radius 3 is 2.53 bits per heavy atom. The van der Waals surface area contributed by atoms with Crippen LogP contribution in [0.1, 0.15) is 11.1 Å². The minimum atomic E-state index is -0.451. The molecule has 9 nitrogen and oxygen atoms in total. The van der Waals surface area contributed by atoms with E-state index in [2.05, 4.69) is 10.5 Å². The molecular formula is C21H23N3O6S2. The molecule has 1 amide bonds. The van der Waals surface area contributed by atoms with E-state index in [0.717, 1.165) is 16.9 Å². The Morgan fingerprint density at radius 2 is 1.88 bits per heavy atom.